The van der Waals surface area contributed by atoms with Gasteiger partial charge in [0.25, 0.3) is 0 Å². The van der Waals surface area contributed by atoms with Crippen LogP contribution >= 0.6 is 0 Å². The molecule has 0 aliphatic heterocycles. The van der Waals surface area contributed by atoms with Crippen LogP contribution in [0.2, 0.25) is 0 Å². The molecule has 0 saturated heterocycles. The number of hydrogen-bond donors (Lipinski definition) is 1. The first-order valence-electron chi connectivity index (χ1n) is 8.09. The van der Waals surface area contributed by atoms with Crippen LogP contribution in [-0.4, -0.2) is 5.11 Å². The van der Waals surface area contributed by atoms with E-state index in [2.05, 4.69) is 31.2 Å². The molecule has 1 aliphatic rings. The van der Waals surface area contributed by atoms with Crippen LogP contribution in [0.15, 0.2) is 48.5 Å². The standard InChI is InChI=1S/C20H24O/c1-15-2-4-16(5-3-15)14-17-6-8-18(9-7-17)19-10-12-20(21)13-11-19/h6-13,15-16,21H,2-5,14H2,1H3. The van der Waals surface area contributed by atoms with E-state index in [-0.39, 0.29) is 0 Å². The van der Waals surface area contributed by atoms with E-state index in [1.54, 1.807) is 12.1 Å². The third kappa shape index (κ3) is 3.66. The number of hydrogen-bond acceptors (Lipinski definition) is 1. The van der Waals surface area contributed by atoms with Gasteiger partial charge in [-0.25, -0.2) is 0 Å². The average Bonchev–Trinajstić information content (AvgIpc) is 2.51. The van der Waals surface area contributed by atoms with Crippen LogP contribution < -0.4 is 0 Å². The molecule has 0 aromatic heterocycles. The van der Waals surface area contributed by atoms with Gasteiger partial charge in [0.15, 0.2) is 0 Å². The molecule has 21 heavy (non-hydrogen) atoms. The Kier molecular flexibility index (Phi) is 4.28. The van der Waals surface area contributed by atoms with Gasteiger partial charge in [-0.1, -0.05) is 56.2 Å². The highest BCUT2D eigenvalue weighted by Crippen LogP contribution is 2.31. The molecule has 0 unspecified atom stereocenters. The van der Waals surface area contributed by atoms with Gasteiger partial charge in [0.05, 0.1) is 0 Å². The number of rotatable bonds is 3. The summed E-state index contributed by atoms with van der Waals surface area (Å²) in [5.41, 5.74) is 3.83. The number of aromatic hydroxyl groups is 1. The molecule has 1 heteroatoms. The van der Waals surface area contributed by atoms with Crippen molar-refractivity contribution in [2.45, 2.75) is 39.0 Å². The molecule has 2 aromatic rings. The lowest BCUT2D eigenvalue weighted by Gasteiger charge is -2.26. The zero-order chi connectivity index (χ0) is 14.7. The first-order valence-corrected chi connectivity index (χ1v) is 8.09. The second-order valence-electron chi connectivity index (χ2n) is 6.57. The maximum absolute atomic E-state index is 9.35. The Bertz CT molecular complexity index is 560. The van der Waals surface area contributed by atoms with Crippen LogP contribution in [0, 0.1) is 11.8 Å². The number of benzene rings is 2. The highest BCUT2D eigenvalue weighted by Gasteiger charge is 2.18. The average molecular weight is 280 g/mol. The van der Waals surface area contributed by atoms with Gasteiger partial charge >= 0.3 is 0 Å². The Morgan fingerprint density at radius 2 is 1.33 bits per heavy atom. The van der Waals surface area contributed by atoms with E-state index in [9.17, 15) is 5.11 Å². The van der Waals surface area contributed by atoms with Crippen LogP contribution in [0.3, 0.4) is 0 Å². The van der Waals surface area contributed by atoms with E-state index < -0.39 is 0 Å². The van der Waals surface area contributed by atoms with Gasteiger partial charge in [0.2, 0.25) is 0 Å². The monoisotopic (exact) mass is 280 g/mol. The van der Waals surface area contributed by atoms with E-state index >= 15 is 0 Å². The van der Waals surface area contributed by atoms with Gasteiger partial charge in [-0.15, -0.1) is 0 Å². The first-order chi connectivity index (χ1) is 10.2. The van der Waals surface area contributed by atoms with E-state index in [4.69, 9.17) is 0 Å². The van der Waals surface area contributed by atoms with Crippen molar-refractivity contribution in [2.75, 3.05) is 0 Å². The minimum atomic E-state index is 0.321. The molecule has 3 rings (SSSR count). The highest BCUT2D eigenvalue weighted by atomic mass is 16.3. The zero-order valence-corrected chi connectivity index (χ0v) is 12.8. The third-order valence-electron chi connectivity index (χ3n) is 4.81. The molecule has 0 radical (unpaired) electrons. The Morgan fingerprint density at radius 3 is 1.90 bits per heavy atom. The molecule has 1 saturated carbocycles. The molecule has 2 aromatic carbocycles. The summed E-state index contributed by atoms with van der Waals surface area (Å²) < 4.78 is 0. The SMILES string of the molecule is CC1CCC(Cc2ccc(-c3ccc(O)cc3)cc2)CC1. The van der Waals surface area contributed by atoms with Crippen LogP contribution in [-0.2, 0) is 6.42 Å². The quantitative estimate of drug-likeness (QED) is 0.795. The lowest BCUT2D eigenvalue weighted by molar-refractivity contribution is 0.289. The number of phenols is 1. The van der Waals surface area contributed by atoms with Gasteiger partial charge < -0.3 is 5.11 Å². The second-order valence-corrected chi connectivity index (χ2v) is 6.57. The first kappa shape index (κ1) is 14.2. The normalized spacial score (nSPS) is 22.1. The van der Waals surface area contributed by atoms with Crippen LogP contribution in [0.4, 0.5) is 0 Å². The predicted molar refractivity (Wildman–Crippen MR) is 88.4 cm³/mol. The minimum absolute atomic E-state index is 0.321. The molecule has 1 N–H and O–H groups in total. The van der Waals surface area contributed by atoms with Gasteiger partial charge in [0, 0.05) is 0 Å². The molecule has 0 amide bonds. The second kappa shape index (κ2) is 6.34. The van der Waals surface area contributed by atoms with Crippen molar-refractivity contribution in [1.29, 1.82) is 0 Å². The molecular weight excluding hydrogens is 256 g/mol. The van der Waals surface area contributed by atoms with Crippen LogP contribution in [0.25, 0.3) is 11.1 Å². The molecule has 0 spiro atoms. The van der Waals surface area contributed by atoms with E-state index in [1.807, 2.05) is 12.1 Å². The Labute approximate surface area is 127 Å². The topological polar surface area (TPSA) is 20.2 Å². The summed E-state index contributed by atoms with van der Waals surface area (Å²) in [4.78, 5) is 0. The molecule has 0 heterocycles. The Balaban J connectivity index is 1.65. The maximum Gasteiger partial charge on any atom is 0.115 e. The maximum atomic E-state index is 9.35. The van der Waals surface area contributed by atoms with Gasteiger partial charge in [-0.3, -0.25) is 0 Å². The van der Waals surface area contributed by atoms with Crippen molar-refractivity contribution >= 4 is 0 Å². The van der Waals surface area contributed by atoms with Crippen molar-refractivity contribution in [1.82, 2.24) is 0 Å². The van der Waals surface area contributed by atoms with Crippen molar-refractivity contribution < 1.29 is 5.11 Å². The van der Waals surface area contributed by atoms with Crippen LogP contribution in [0.5, 0.6) is 5.75 Å². The fraction of sp³-hybridized carbons (Fsp3) is 0.400. The number of phenolic OH excluding ortho intramolecular Hbond substituents is 1. The lowest BCUT2D eigenvalue weighted by Crippen LogP contribution is -2.14. The molecule has 1 aliphatic carbocycles. The molecule has 0 atom stereocenters. The molecule has 110 valence electrons. The molecule has 1 fully saturated rings. The third-order valence-corrected chi connectivity index (χ3v) is 4.81. The van der Waals surface area contributed by atoms with Gasteiger partial charge in [-0.2, -0.15) is 0 Å². The highest BCUT2D eigenvalue weighted by molar-refractivity contribution is 5.64. The van der Waals surface area contributed by atoms with E-state index in [0.29, 0.717) is 5.75 Å². The summed E-state index contributed by atoms with van der Waals surface area (Å²) in [6, 6.07) is 16.3. The Hall–Kier alpha value is -1.76. The van der Waals surface area contributed by atoms with Crippen molar-refractivity contribution in [3.05, 3.63) is 54.1 Å². The lowest BCUT2D eigenvalue weighted by atomic mass is 9.80. The largest absolute Gasteiger partial charge is 0.508 e. The molecular formula is C20H24O. The van der Waals surface area contributed by atoms with Crippen molar-refractivity contribution in [3.63, 3.8) is 0 Å². The van der Waals surface area contributed by atoms with E-state index in [0.717, 1.165) is 17.4 Å². The van der Waals surface area contributed by atoms with E-state index in [1.165, 1.54) is 43.2 Å². The summed E-state index contributed by atoms with van der Waals surface area (Å²) in [5, 5.41) is 9.35. The summed E-state index contributed by atoms with van der Waals surface area (Å²) >= 11 is 0. The molecule has 1 nitrogen and oxygen atoms in total. The molecule has 0 bridgehead atoms. The van der Waals surface area contributed by atoms with Crippen molar-refractivity contribution in [2.24, 2.45) is 11.8 Å². The van der Waals surface area contributed by atoms with Gasteiger partial charge in [0.1, 0.15) is 5.75 Å². The van der Waals surface area contributed by atoms with Gasteiger partial charge in [-0.05, 0) is 59.9 Å². The predicted octanol–water partition coefficient (Wildman–Crippen LogP) is 5.43. The zero-order valence-electron chi connectivity index (χ0n) is 12.8. The summed E-state index contributed by atoms with van der Waals surface area (Å²) in [6.07, 6.45) is 6.80. The fourth-order valence-electron chi connectivity index (χ4n) is 3.35. The van der Waals surface area contributed by atoms with Crippen LogP contribution in [0.1, 0.15) is 38.2 Å². The van der Waals surface area contributed by atoms with Crippen molar-refractivity contribution in [3.8, 4) is 16.9 Å². The summed E-state index contributed by atoms with van der Waals surface area (Å²) in [6.45, 7) is 2.38. The minimum Gasteiger partial charge on any atom is -0.508 e. The Morgan fingerprint density at radius 1 is 0.810 bits per heavy atom. The fourth-order valence-corrected chi connectivity index (χ4v) is 3.35. The summed E-state index contributed by atoms with van der Waals surface area (Å²) in [7, 11) is 0. The smallest absolute Gasteiger partial charge is 0.115 e. The summed E-state index contributed by atoms with van der Waals surface area (Å²) in [5.74, 6) is 2.13.